The van der Waals surface area contributed by atoms with Crippen LogP contribution in [0.1, 0.15) is 32.1 Å². The van der Waals surface area contributed by atoms with Gasteiger partial charge in [-0.15, -0.1) is 11.3 Å². The lowest BCUT2D eigenvalue weighted by molar-refractivity contribution is -0.146. The Kier molecular flexibility index (Phi) is 6.22. The standard InChI is InChI=1S/C13H21NO2S/c1-4-16-13(15)12(8-10(2)3)14-9-11-6-5-7-17-11/h5-7,10,12,14H,4,8-9H2,1-3H3. The summed E-state index contributed by atoms with van der Waals surface area (Å²) in [4.78, 5) is 13.0. The molecule has 0 aliphatic heterocycles. The largest absolute Gasteiger partial charge is 0.465 e. The molecule has 0 amide bonds. The Morgan fingerprint density at radius 2 is 2.29 bits per heavy atom. The van der Waals surface area contributed by atoms with Gasteiger partial charge in [0.25, 0.3) is 0 Å². The van der Waals surface area contributed by atoms with Gasteiger partial charge in [-0.3, -0.25) is 10.1 Å². The molecule has 1 N–H and O–H groups in total. The first-order chi connectivity index (χ1) is 8.13. The van der Waals surface area contributed by atoms with Crippen molar-refractivity contribution in [3.63, 3.8) is 0 Å². The van der Waals surface area contributed by atoms with E-state index in [4.69, 9.17) is 4.74 Å². The highest BCUT2D eigenvalue weighted by atomic mass is 32.1. The van der Waals surface area contributed by atoms with E-state index in [0.29, 0.717) is 12.5 Å². The van der Waals surface area contributed by atoms with Crippen molar-refractivity contribution in [2.24, 2.45) is 5.92 Å². The van der Waals surface area contributed by atoms with Crippen molar-refractivity contribution in [1.82, 2.24) is 5.32 Å². The van der Waals surface area contributed by atoms with Gasteiger partial charge in [0.15, 0.2) is 0 Å². The second-order valence-corrected chi connectivity index (χ2v) is 5.43. The average molecular weight is 255 g/mol. The summed E-state index contributed by atoms with van der Waals surface area (Å²) in [6.07, 6.45) is 0.810. The SMILES string of the molecule is CCOC(=O)C(CC(C)C)NCc1cccs1. The van der Waals surface area contributed by atoms with Gasteiger partial charge in [0.1, 0.15) is 6.04 Å². The van der Waals surface area contributed by atoms with Crippen LogP contribution in [0.3, 0.4) is 0 Å². The second-order valence-electron chi connectivity index (χ2n) is 4.39. The van der Waals surface area contributed by atoms with Gasteiger partial charge in [-0.25, -0.2) is 0 Å². The first kappa shape index (κ1) is 14.2. The maximum Gasteiger partial charge on any atom is 0.323 e. The van der Waals surface area contributed by atoms with E-state index in [-0.39, 0.29) is 12.0 Å². The van der Waals surface area contributed by atoms with Gasteiger partial charge in [0.2, 0.25) is 0 Å². The average Bonchev–Trinajstić information content (AvgIpc) is 2.76. The van der Waals surface area contributed by atoms with Gasteiger partial charge >= 0.3 is 5.97 Å². The van der Waals surface area contributed by atoms with Crippen molar-refractivity contribution in [2.75, 3.05) is 6.61 Å². The van der Waals surface area contributed by atoms with Crippen LogP contribution in [-0.4, -0.2) is 18.6 Å². The van der Waals surface area contributed by atoms with Crippen molar-refractivity contribution in [3.8, 4) is 0 Å². The summed E-state index contributed by atoms with van der Waals surface area (Å²) < 4.78 is 5.08. The smallest absolute Gasteiger partial charge is 0.323 e. The highest BCUT2D eigenvalue weighted by molar-refractivity contribution is 7.09. The van der Waals surface area contributed by atoms with Crippen LogP contribution in [0.4, 0.5) is 0 Å². The Bertz CT molecular complexity index is 322. The Morgan fingerprint density at radius 1 is 1.53 bits per heavy atom. The predicted octanol–water partition coefficient (Wildman–Crippen LogP) is 2.82. The normalized spacial score (nSPS) is 12.7. The summed E-state index contributed by atoms with van der Waals surface area (Å²) in [6, 6.07) is 3.88. The van der Waals surface area contributed by atoms with Gasteiger partial charge in [0, 0.05) is 11.4 Å². The molecule has 0 saturated heterocycles. The number of ether oxygens (including phenoxy) is 1. The van der Waals surface area contributed by atoms with Crippen LogP contribution in [0.25, 0.3) is 0 Å². The fraction of sp³-hybridized carbons (Fsp3) is 0.615. The quantitative estimate of drug-likeness (QED) is 0.761. The van der Waals surface area contributed by atoms with E-state index < -0.39 is 0 Å². The van der Waals surface area contributed by atoms with Gasteiger partial charge < -0.3 is 4.74 Å². The molecule has 96 valence electrons. The third-order valence-corrected chi connectivity index (χ3v) is 3.26. The first-order valence-electron chi connectivity index (χ1n) is 6.05. The van der Waals surface area contributed by atoms with Gasteiger partial charge in [0.05, 0.1) is 6.61 Å². The van der Waals surface area contributed by atoms with Crippen molar-refractivity contribution < 1.29 is 9.53 Å². The molecule has 0 spiro atoms. The number of hydrogen-bond acceptors (Lipinski definition) is 4. The molecule has 0 aliphatic rings. The lowest BCUT2D eigenvalue weighted by Crippen LogP contribution is -2.38. The molecule has 1 heterocycles. The fourth-order valence-corrected chi connectivity index (χ4v) is 2.27. The van der Waals surface area contributed by atoms with Crippen molar-refractivity contribution in [2.45, 2.75) is 39.8 Å². The highest BCUT2D eigenvalue weighted by Crippen LogP contribution is 2.11. The van der Waals surface area contributed by atoms with Crippen molar-refractivity contribution >= 4 is 17.3 Å². The molecular weight excluding hydrogens is 234 g/mol. The minimum atomic E-state index is -0.197. The molecule has 1 rings (SSSR count). The van der Waals surface area contributed by atoms with E-state index in [1.165, 1.54) is 4.88 Å². The van der Waals surface area contributed by atoms with E-state index in [0.717, 1.165) is 13.0 Å². The Balaban J connectivity index is 2.48. The van der Waals surface area contributed by atoms with Crippen molar-refractivity contribution in [1.29, 1.82) is 0 Å². The zero-order chi connectivity index (χ0) is 12.7. The predicted molar refractivity (Wildman–Crippen MR) is 71.0 cm³/mol. The van der Waals surface area contributed by atoms with E-state index in [9.17, 15) is 4.79 Å². The molecule has 1 aromatic rings. The lowest BCUT2D eigenvalue weighted by atomic mass is 10.0. The van der Waals surface area contributed by atoms with Crippen LogP contribution in [0.2, 0.25) is 0 Å². The highest BCUT2D eigenvalue weighted by Gasteiger charge is 2.20. The van der Waals surface area contributed by atoms with E-state index in [2.05, 4.69) is 25.2 Å². The molecular formula is C13H21NO2S. The molecule has 17 heavy (non-hydrogen) atoms. The van der Waals surface area contributed by atoms with Crippen LogP contribution in [0.5, 0.6) is 0 Å². The van der Waals surface area contributed by atoms with Crippen molar-refractivity contribution in [3.05, 3.63) is 22.4 Å². The van der Waals surface area contributed by atoms with Gasteiger partial charge in [-0.05, 0) is 30.7 Å². The number of rotatable bonds is 7. The molecule has 1 unspecified atom stereocenters. The Labute approximate surface area is 107 Å². The van der Waals surface area contributed by atoms with Gasteiger partial charge in [-0.1, -0.05) is 19.9 Å². The van der Waals surface area contributed by atoms with E-state index >= 15 is 0 Å². The van der Waals surface area contributed by atoms with Crippen LogP contribution >= 0.6 is 11.3 Å². The third-order valence-electron chi connectivity index (χ3n) is 2.38. The topological polar surface area (TPSA) is 38.3 Å². The molecule has 0 saturated carbocycles. The van der Waals surface area contributed by atoms with Crippen LogP contribution in [0.15, 0.2) is 17.5 Å². The molecule has 0 fully saturated rings. The number of thiophene rings is 1. The molecule has 3 nitrogen and oxygen atoms in total. The van der Waals surface area contributed by atoms with Gasteiger partial charge in [-0.2, -0.15) is 0 Å². The fourth-order valence-electron chi connectivity index (χ4n) is 1.61. The zero-order valence-electron chi connectivity index (χ0n) is 10.7. The second kappa shape index (κ2) is 7.45. The molecule has 1 atom stereocenters. The summed E-state index contributed by atoms with van der Waals surface area (Å²) >= 11 is 1.69. The number of carbonyl (C=O) groups is 1. The first-order valence-corrected chi connectivity index (χ1v) is 6.93. The van der Waals surface area contributed by atoms with Crippen LogP contribution in [-0.2, 0) is 16.1 Å². The lowest BCUT2D eigenvalue weighted by Gasteiger charge is -2.18. The molecule has 4 heteroatoms. The number of hydrogen-bond donors (Lipinski definition) is 1. The minimum Gasteiger partial charge on any atom is -0.465 e. The van der Waals surface area contributed by atoms with E-state index in [1.54, 1.807) is 11.3 Å². The minimum absolute atomic E-state index is 0.141. The summed E-state index contributed by atoms with van der Waals surface area (Å²) in [5.41, 5.74) is 0. The Hall–Kier alpha value is -0.870. The molecule has 0 radical (unpaired) electrons. The summed E-state index contributed by atoms with van der Waals surface area (Å²) in [7, 11) is 0. The molecule has 0 aromatic carbocycles. The number of esters is 1. The van der Waals surface area contributed by atoms with Crippen LogP contribution in [0, 0.1) is 5.92 Å². The third kappa shape index (κ3) is 5.33. The summed E-state index contributed by atoms with van der Waals surface area (Å²) in [5, 5.41) is 5.31. The van der Waals surface area contributed by atoms with E-state index in [1.807, 2.05) is 18.4 Å². The zero-order valence-corrected chi connectivity index (χ0v) is 11.5. The molecule has 1 aromatic heterocycles. The molecule has 0 aliphatic carbocycles. The Morgan fingerprint density at radius 3 is 2.82 bits per heavy atom. The maximum absolute atomic E-state index is 11.8. The maximum atomic E-state index is 11.8. The monoisotopic (exact) mass is 255 g/mol. The summed E-state index contributed by atoms with van der Waals surface area (Å²) in [6.45, 7) is 7.23. The number of carbonyl (C=O) groups excluding carboxylic acids is 1. The van der Waals surface area contributed by atoms with Crippen LogP contribution < -0.4 is 5.32 Å². The number of nitrogens with one attached hydrogen (secondary N) is 1. The summed E-state index contributed by atoms with van der Waals surface area (Å²) in [5.74, 6) is 0.331. The molecule has 0 bridgehead atoms.